The summed E-state index contributed by atoms with van der Waals surface area (Å²) < 4.78 is 13.2. The third-order valence-corrected chi connectivity index (χ3v) is 2.05. The predicted molar refractivity (Wildman–Crippen MR) is 64.4 cm³/mol. The lowest BCUT2D eigenvalue weighted by atomic mass is 10.2. The molecule has 19 heavy (non-hydrogen) atoms. The van der Waals surface area contributed by atoms with E-state index in [9.17, 15) is 9.18 Å². The van der Waals surface area contributed by atoms with Crippen LogP contribution in [0, 0.1) is 5.82 Å². The van der Waals surface area contributed by atoms with Crippen molar-refractivity contribution in [1.29, 1.82) is 0 Å². The Morgan fingerprint density at radius 3 is 3.00 bits per heavy atom. The number of hydrogen-bond acceptors (Lipinski definition) is 6. The Bertz CT molecular complexity index is 609. The van der Waals surface area contributed by atoms with Gasteiger partial charge in [0.15, 0.2) is 0 Å². The molecule has 0 saturated heterocycles. The summed E-state index contributed by atoms with van der Waals surface area (Å²) in [5.41, 5.74) is 7.72. The van der Waals surface area contributed by atoms with E-state index in [1.807, 2.05) is 0 Å². The first-order valence-electron chi connectivity index (χ1n) is 5.25. The van der Waals surface area contributed by atoms with Crippen LogP contribution in [0.4, 0.5) is 10.3 Å². The summed E-state index contributed by atoms with van der Waals surface area (Å²) in [4.78, 5) is 12.4. The molecule has 8 nitrogen and oxygen atoms in total. The average molecular weight is 263 g/mol. The number of anilines is 1. The Morgan fingerprint density at radius 2 is 2.32 bits per heavy atom. The van der Waals surface area contributed by atoms with Crippen LogP contribution in [-0.4, -0.2) is 32.3 Å². The first-order chi connectivity index (χ1) is 9.15. The first kappa shape index (κ1) is 12.6. The molecule has 0 aliphatic rings. The van der Waals surface area contributed by atoms with E-state index in [0.717, 1.165) is 4.80 Å². The fourth-order valence-electron chi connectivity index (χ4n) is 1.24. The van der Waals surface area contributed by atoms with Crippen molar-refractivity contribution in [2.75, 3.05) is 5.73 Å². The number of aromatic nitrogens is 4. The molecule has 1 heterocycles. The summed E-state index contributed by atoms with van der Waals surface area (Å²) in [6.07, 6.45) is 1.20. The van der Waals surface area contributed by atoms with Gasteiger partial charge < -0.3 is 5.73 Å². The maximum absolute atomic E-state index is 13.2. The zero-order chi connectivity index (χ0) is 13.7. The van der Waals surface area contributed by atoms with Crippen LogP contribution < -0.4 is 11.2 Å². The molecule has 3 N–H and O–H groups in total. The standard InChI is InChI=1S/C10H10FN7O/c11-8-4-2-1-3-7(8)5-13-14-9(19)6-18-16-10(12)15-17-18/h1-5H,6H2,(H2,12,16)(H,14,19)/b13-5+. The summed E-state index contributed by atoms with van der Waals surface area (Å²) in [7, 11) is 0. The SMILES string of the molecule is Nc1nnn(CC(=O)N/N=C/c2ccccc2F)n1. The number of benzene rings is 1. The molecule has 0 aliphatic carbocycles. The number of halogens is 1. The van der Waals surface area contributed by atoms with Gasteiger partial charge in [-0.25, -0.2) is 9.82 Å². The van der Waals surface area contributed by atoms with E-state index in [-0.39, 0.29) is 18.1 Å². The molecule has 0 spiro atoms. The molecule has 0 atom stereocenters. The highest BCUT2D eigenvalue weighted by Crippen LogP contribution is 2.02. The highest BCUT2D eigenvalue weighted by atomic mass is 19.1. The van der Waals surface area contributed by atoms with Crippen molar-refractivity contribution in [3.63, 3.8) is 0 Å². The number of nitrogen functional groups attached to an aromatic ring is 1. The molecule has 98 valence electrons. The van der Waals surface area contributed by atoms with E-state index in [1.54, 1.807) is 12.1 Å². The lowest BCUT2D eigenvalue weighted by Crippen LogP contribution is -2.24. The minimum absolute atomic E-state index is 0.0253. The van der Waals surface area contributed by atoms with E-state index < -0.39 is 11.7 Å². The number of carbonyl (C=O) groups is 1. The molecule has 1 amide bonds. The molecule has 2 aromatic rings. The van der Waals surface area contributed by atoms with Gasteiger partial charge >= 0.3 is 0 Å². The summed E-state index contributed by atoms with van der Waals surface area (Å²) in [5.74, 6) is -0.932. The molecule has 0 unspecified atom stereocenters. The van der Waals surface area contributed by atoms with Crippen molar-refractivity contribution in [2.24, 2.45) is 5.10 Å². The summed E-state index contributed by atoms with van der Waals surface area (Å²) in [5, 5.41) is 14.2. The largest absolute Gasteiger partial charge is 0.365 e. The lowest BCUT2D eigenvalue weighted by Gasteiger charge is -1.98. The molecule has 9 heteroatoms. The maximum Gasteiger partial charge on any atom is 0.263 e. The van der Waals surface area contributed by atoms with Gasteiger partial charge in [-0.15, -0.1) is 5.10 Å². The van der Waals surface area contributed by atoms with Crippen molar-refractivity contribution in [1.82, 2.24) is 25.6 Å². The average Bonchev–Trinajstić information content (AvgIpc) is 2.77. The predicted octanol–water partition coefficient (Wildman–Crippen LogP) is -0.455. The number of hydrogen-bond donors (Lipinski definition) is 2. The summed E-state index contributed by atoms with van der Waals surface area (Å²) in [6.45, 7) is -0.182. The second-order valence-corrected chi connectivity index (χ2v) is 3.49. The quantitative estimate of drug-likeness (QED) is 0.573. The van der Waals surface area contributed by atoms with Gasteiger partial charge in [-0.3, -0.25) is 4.79 Å². The number of amides is 1. The monoisotopic (exact) mass is 263 g/mol. The van der Waals surface area contributed by atoms with Crippen molar-refractivity contribution in [3.05, 3.63) is 35.6 Å². The molecule has 0 bridgehead atoms. The first-order valence-corrected chi connectivity index (χ1v) is 5.25. The Kier molecular flexibility index (Phi) is 3.76. The lowest BCUT2D eigenvalue weighted by molar-refractivity contribution is -0.122. The fraction of sp³-hybridized carbons (Fsp3) is 0.100. The van der Waals surface area contributed by atoms with E-state index in [0.29, 0.717) is 0 Å². The Balaban J connectivity index is 1.88. The van der Waals surface area contributed by atoms with Crippen LogP contribution in [0.1, 0.15) is 5.56 Å². The van der Waals surface area contributed by atoms with Gasteiger partial charge in [0.25, 0.3) is 11.9 Å². The summed E-state index contributed by atoms with van der Waals surface area (Å²) >= 11 is 0. The second-order valence-electron chi connectivity index (χ2n) is 3.49. The second kappa shape index (κ2) is 5.67. The van der Waals surface area contributed by atoms with Gasteiger partial charge in [-0.2, -0.15) is 9.90 Å². The number of nitrogens with zero attached hydrogens (tertiary/aromatic N) is 5. The fourth-order valence-corrected chi connectivity index (χ4v) is 1.24. The topological polar surface area (TPSA) is 111 Å². The molecular weight excluding hydrogens is 253 g/mol. The highest BCUT2D eigenvalue weighted by molar-refractivity contribution is 5.82. The van der Waals surface area contributed by atoms with Crippen molar-refractivity contribution < 1.29 is 9.18 Å². The molecule has 0 radical (unpaired) electrons. The van der Waals surface area contributed by atoms with Crippen molar-refractivity contribution in [3.8, 4) is 0 Å². The van der Waals surface area contributed by atoms with Crippen LogP contribution in [0.25, 0.3) is 0 Å². The molecular formula is C10H10FN7O. The third-order valence-electron chi connectivity index (χ3n) is 2.05. The zero-order valence-electron chi connectivity index (χ0n) is 9.69. The molecule has 0 saturated carbocycles. The van der Waals surface area contributed by atoms with Crippen LogP contribution in [0.2, 0.25) is 0 Å². The minimum atomic E-state index is -0.481. The van der Waals surface area contributed by atoms with E-state index >= 15 is 0 Å². The van der Waals surface area contributed by atoms with Crippen molar-refractivity contribution in [2.45, 2.75) is 6.54 Å². The van der Waals surface area contributed by atoms with Gasteiger partial charge in [0, 0.05) is 5.56 Å². The third kappa shape index (κ3) is 3.56. The maximum atomic E-state index is 13.2. The number of rotatable bonds is 4. The van der Waals surface area contributed by atoms with Crippen LogP contribution >= 0.6 is 0 Å². The molecule has 0 aliphatic heterocycles. The Hall–Kier alpha value is -2.84. The normalized spacial score (nSPS) is 10.8. The van der Waals surface area contributed by atoms with Gasteiger partial charge in [0.1, 0.15) is 12.4 Å². The van der Waals surface area contributed by atoms with Gasteiger partial charge in [0.2, 0.25) is 0 Å². The molecule has 0 fully saturated rings. The molecule has 2 rings (SSSR count). The van der Waals surface area contributed by atoms with Gasteiger partial charge in [-0.1, -0.05) is 23.3 Å². The zero-order valence-corrected chi connectivity index (χ0v) is 9.69. The number of carbonyl (C=O) groups excluding carboxylic acids is 1. The van der Waals surface area contributed by atoms with E-state index in [2.05, 4.69) is 25.9 Å². The minimum Gasteiger partial charge on any atom is -0.365 e. The molecule has 1 aromatic heterocycles. The number of nitrogens with two attached hydrogens (primary N) is 1. The Labute approximate surface area is 107 Å². The molecule has 1 aromatic carbocycles. The summed E-state index contributed by atoms with van der Waals surface area (Å²) in [6, 6.07) is 6.05. The van der Waals surface area contributed by atoms with Crippen LogP contribution in [0.3, 0.4) is 0 Å². The van der Waals surface area contributed by atoms with Crippen LogP contribution in [-0.2, 0) is 11.3 Å². The number of nitrogens with one attached hydrogen (secondary N) is 1. The van der Waals surface area contributed by atoms with Gasteiger partial charge in [0.05, 0.1) is 6.21 Å². The van der Waals surface area contributed by atoms with Crippen LogP contribution in [0.15, 0.2) is 29.4 Å². The van der Waals surface area contributed by atoms with E-state index in [1.165, 1.54) is 18.3 Å². The Morgan fingerprint density at radius 1 is 1.53 bits per heavy atom. The number of hydrazone groups is 1. The van der Waals surface area contributed by atoms with Gasteiger partial charge in [-0.05, 0) is 11.3 Å². The number of tetrazole rings is 1. The smallest absolute Gasteiger partial charge is 0.263 e. The van der Waals surface area contributed by atoms with Crippen LogP contribution in [0.5, 0.6) is 0 Å². The van der Waals surface area contributed by atoms with Crippen molar-refractivity contribution >= 4 is 18.1 Å². The highest BCUT2D eigenvalue weighted by Gasteiger charge is 2.04. The van der Waals surface area contributed by atoms with E-state index in [4.69, 9.17) is 5.73 Å².